The Morgan fingerprint density at radius 3 is 2.44 bits per heavy atom. The summed E-state index contributed by atoms with van der Waals surface area (Å²) in [5.41, 5.74) is 3.19. The molecule has 0 aliphatic heterocycles. The first kappa shape index (κ1) is 16.1. The Balaban J connectivity index is 2.05. The third kappa shape index (κ3) is 3.16. The fourth-order valence-electron chi connectivity index (χ4n) is 2.58. The molecule has 0 saturated carbocycles. The molecule has 0 fully saturated rings. The molecular weight excluding hydrogens is 318 g/mol. The Morgan fingerprint density at radius 1 is 1.12 bits per heavy atom. The normalized spacial score (nSPS) is 10.2. The summed E-state index contributed by atoms with van der Waals surface area (Å²) < 4.78 is 0. The number of H-pyrrole nitrogens is 1. The van der Waals surface area contributed by atoms with Crippen LogP contribution in [0.25, 0.3) is 22.3 Å². The van der Waals surface area contributed by atoms with Gasteiger partial charge in [0, 0.05) is 29.2 Å². The number of nitriles is 1. The van der Waals surface area contributed by atoms with E-state index in [0.29, 0.717) is 16.8 Å². The van der Waals surface area contributed by atoms with Crippen molar-refractivity contribution in [3.05, 3.63) is 76.0 Å². The van der Waals surface area contributed by atoms with Crippen molar-refractivity contribution in [2.24, 2.45) is 0 Å². The number of aromatic nitrogens is 2. The van der Waals surface area contributed by atoms with Crippen LogP contribution in [0.3, 0.4) is 0 Å². The van der Waals surface area contributed by atoms with Gasteiger partial charge in [-0.3, -0.25) is 9.78 Å². The van der Waals surface area contributed by atoms with Crippen molar-refractivity contribution in [2.75, 3.05) is 0 Å². The van der Waals surface area contributed by atoms with Gasteiger partial charge in [0.25, 0.3) is 5.56 Å². The van der Waals surface area contributed by atoms with E-state index in [1.807, 2.05) is 6.07 Å². The monoisotopic (exact) mass is 331 g/mol. The molecule has 1 aromatic carbocycles. The summed E-state index contributed by atoms with van der Waals surface area (Å²) in [5.74, 6) is -1.04. The van der Waals surface area contributed by atoms with Crippen LogP contribution in [-0.4, -0.2) is 21.0 Å². The highest BCUT2D eigenvalue weighted by Gasteiger charge is 2.11. The lowest BCUT2D eigenvalue weighted by Gasteiger charge is -2.07. The molecule has 25 heavy (non-hydrogen) atoms. The number of aromatic amines is 1. The summed E-state index contributed by atoms with van der Waals surface area (Å²) in [7, 11) is 0. The van der Waals surface area contributed by atoms with Gasteiger partial charge in [0.15, 0.2) is 0 Å². The van der Waals surface area contributed by atoms with Crippen molar-refractivity contribution < 1.29 is 9.90 Å². The summed E-state index contributed by atoms with van der Waals surface area (Å²) in [6.07, 6.45) is 2.87. The number of nitrogens with one attached hydrogen (secondary N) is 1. The van der Waals surface area contributed by atoms with Gasteiger partial charge in [0.05, 0.1) is 5.56 Å². The van der Waals surface area contributed by atoms with Crippen LogP contribution in [0.2, 0.25) is 0 Å². The molecule has 0 unspecified atom stereocenters. The van der Waals surface area contributed by atoms with E-state index in [4.69, 9.17) is 5.11 Å². The Hall–Kier alpha value is -3.72. The van der Waals surface area contributed by atoms with Crippen LogP contribution < -0.4 is 5.56 Å². The topological polar surface area (TPSA) is 107 Å². The molecule has 0 bridgehead atoms. The molecule has 0 atom stereocenters. The highest BCUT2D eigenvalue weighted by molar-refractivity contribution is 5.89. The molecule has 6 nitrogen and oxygen atoms in total. The van der Waals surface area contributed by atoms with Crippen LogP contribution >= 0.6 is 0 Å². The number of carbonyl (C=O) groups is 1. The number of hydrogen-bond donors (Lipinski definition) is 2. The number of benzene rings is 1. The van der Waals surface area contributed by atoms with Gasteiger partial charge in [-0.05, 0) is 30.2 Å². The fraction of sp³-hybridized carbons (Fsp3) is 0.0526. The second kappa shape index (κ2) is 6.42. The summed E-state index contributed by atoms with van der Waals surface area (Å²) in [5, 5.41) is 18.3. The van der Waals surface area contributed by atoms with Gasteiger partial charge in [-0.2, -0.15) is 5.26 Å². The van der Waals surface area contributed by atoms with E-state index in [0.717, 1.165) is 11.1 Å². The maximum atomic E-state index is 11.9. The summed E-state index contributed by atoms with van der Waals surface area (Å²) in [6.45, 7) is 1.75. The molecule has 2 aromatic heterocycles. The van der Waals surface area contributed by atoms with Crippen molar-refractivity contribution in [2.45, 2.75) is 6.92 Å². The number of pyridine rings is 2. The molecule has 122 valence electrons. The third-order valence-corrected chi connectivity index (χ3v) is 3.79. The number of aryl methyl sites for hydroxylation is 1. The number of carboxylic acids is 1. The molecule has 3 rings (SSSR count). The molecule has 0 spiro atoms. The molecule has 2 N–H and O–H groups in total. The number of hydrogen-bond acceptors (Lipinski definition) is 4. The predicted molar refractivity (Wildman–Crippen MR) is 92.1 cm³/mol. The maximum absolute atomic E-state index is 11.9. The third-order valence-electron chi connectivity index (χ3n) is 3.79. The molecule has 0 aliphatic carbocycles. The highest BCUT2D eigenvalue weighted by Crippen LogP contribution is 2.26. The van der Waals surface area contributed by atoms with E-state index in [1.165, 1.54) is 6.20 Å². The molecule has 6 heteroatoms. The van der Waals surface area contributed by atoms with Gasteiger partial charge in [-0.25, -0.2) is 4.79 Å². The Kier molecular flexibility index (Phi) is 4.14. The van der Waals surface area contributed by atoms with Gasteiger partial charge >= 0.3 is 5.97 Å². The fourth-order valence-corrected chi connectivity index (χ4v) is 2.58. The zero-order valence-corrected chi connectivity index (χ0v) is 13.3. The average molecular weight is 331 g/mol. The summed E-state index contributed by atoms with van der Waals surface area (Å²) in [4.78, 5) is 29.5. The smallest absolute Gasteiger partial charge is 0.337 e. The van der Waals surface area contributed by atoms with Gasteiger partial charge in [-0.1, -0.05) is 24.3 Å². The number of aromatic carboxylic acids is 1. The van der Waals surface area contributed by atoms with E-state index in [1.54, 1.807) is 49.5 Å². The molecular formula is C19H13N3O3. The Bertz CT molecular complexity index is 1060. The van der Waals surface area contributed by atoms with Crippen molar-refractivity contribution in [3.63, 3.8) is 0 Å². The molecule has 0 radical (unpaired) electrons. The van der Waals surface area contributed by atoms with Gasteiger partial charge < -0.3 is 10.1 Å². The summed E-state index contributed by atoms with van der Waals surface area (Å²) >= 11 is 0. The molecule has 0 amide bonds. The summed E-state index contributed by atoms with van der Waals surface area (Å²) in [6, 6.07) is 12.4. The quantitative estimate of drug-likeness (QED) is 0.767. The van der Waals surface area contributed by atoms with Gasteiger partial charge in [-0.15, -0.1) is 0 Å². The van der Waals surface area contributed by atoms with Crippen molar-refractivity contribution in [1.82, 2.24) is 9.97 Å². The lowest BCUT2D eigenvalue weighted by atomic mass is 9.98. The van der Waals surface area contributed by atoms with Crippen LogP contribution in [-0.2, 0) is 0 Å². The maximum Gasteiger partial charge on any atom is 0.337 e. The Morgan fingerprint density at radius 2 is 1.80 bits per heavy atom. The van der Waals surface area contributed by atoms with Crippen LogP contribution in [0.1, 0.15) is 21.6 Å². The lowest BCUT2D eigenvalue weighted by Crippen LogP contribution is -2.12. The first-order valence-electron chi connectivity index (χ1n) is 7.43. The van der Waals surface area contributed by atoms with E-state index in [2.05, 4.69) is 9.97 Å². The highest BCUT2D eigenvalue weighted by atomic mass is 16.4. The second-order valence-corrected chi connectivity index (χ2v) is 5.53. The molecule has 0 aliphatic rings. The van der Waals surface area contributed by atoms with E-state index < -0.39 is 11.5 Å². The van der Waals surface area contributed by atoms with Gasteiger partial charge in [0.2, 0.25) is 0 Å². The first-order valence-corrected chi connectivity index (χ1v) is 7.43. The van der Waals surface area contributed by atoms with Crippen LogP contribution in [0, 0.1) is 18.3 Å². The minimum Gasteiger partial charge on any atom is -0.478 e. The van der Waals surface area contributed by atoms with Crippen molar-refractivity contribution >= 4 is 5.97 Å². The zero-order chi connectivity index (χ0) is 18.0. The standard InChI is InChI=1S/C19H13N3O3/c1-11-6-16(17(8-20)18(23)22-11)13-4-2-12(3-5-13)14-7-15(19(24)25)10-21-9-14/h2-7,9-10H,1H3,(H,22,23)(H,24,25). The van der Waals surface area contributed by atoms with Crippen LogP contribution in [0.5, 0.6) is 0 Å². The van der Waals surface area contributed by atoms with Crippen LogP contribution in [0.15, 0.2) is 53.6 Å². The predicted octanol–water partition coefficient (Wildman–Crippen LogP) is 2.98. The lowest BCUT2D eigenvalue weighted by molar-refractivity contribution is 0.0696. The van der Waals surface area contributed by atoms with E-state index >= 15 is 0 Å². The number of rotatable bonds is 3. The number of nitrogens with zero attached hydrogens (tertiary/aromatic N) is 2. The SMILES string of the molecule is Cc1cc(-c2ccc(-c3cncc(C(=O)O)c3)cc2)c(C#N)c(=O)[nH]1. The van der Waals surface area contributed by atoms with Crippen molar-refractivity contribution in [3.8, 4) is 28.3 Å². The molecule has 3 aromatic rings. The second-order valence-electron chi connectivity index (χ2n) is 5.53. The molecule has 2 heterocycles. The Labute approximate surface area is 143 Å². The minimum atomic E-state index is -1.04. The largest absolute Gasteiger partial charge is 0.478 e. The van der Waals surface area contributed by atoms with E-state index in [9.17, 15) is 14.9 Å². The van der Waals surface area contributed by atoms with Crippen molar-refractivity contribution in [1.29, 1.82) is 5.26 Å². The average Bonchev–Trinajstić information content (AvgIpc) is 2.61. The minimum absolute atomic E-state index is 0.0629. The molecule has 0 saturated heterocycles. The number of carboxylic acid groups (broad SMARTS) is 1. The van der Waals surface area contributed by atoms with Crippen LogP contribution in [0.4, 0.5) is 0 Å². The van der Waals surface area contributed by atoms with E-state index in [-0.39, 0.29) is 11.1 Å². The van der Waals surface area contributed by atoms with Gasteiger partial charge in [0.1, 0.15) is 11.6 Å². The zero-order valence-electron chi connectivity index (χ0n) is 13.3. The first-order chi connectivity index (χ1) is 12.0.